The summed E-state index contributed by atoms with van der Waals surface area (Å²) in [5.74, 6) is -0.643. The van der Waals surface area contributed by atoms with Crippen LogP contribution in [0.1, 0.15) is 47.6 Å². The largest absolute Gasteiger partial charge is 0.433 e. The van der Waals surface area contributed by atoms with Crippen LogP contribution < -0.4 is 0 Å². The van der Waals surface area contributed by atoms with E-state index in [1.165, 1.54) is 17.9 Å². The van der Waals surface area contributed by atoms with E-state index in [0.717, 1.165) is 12.5 Å². The summed E-state index contributed by atoms with van der Waals surface area (Å²) >= 11 is 0. The van der Waals surface area contributed by atoms with Gasteiger partial charge >= 0.3 is 6.18 Å². The third kappa shape index (κ3) is 2.73. The van der Waals surface area contributed by atoms with Crippen LogP contribution in [0.5, 0.6) is 0 Å². The molecule has 2 saturated heterocycles. The Morgan fingerprint density at radius 2 is 1.86 bits per heavy atom. The summed E-state index contributed by atoms with van der Waals surface area (Å²) in [6.07, 6.45) is -2.07. The molecule has 150 valence electrons. The van der Waals surface area contributed by atoms with Gasteiger partial charge in [-0.05, 0) is 38.7 Å². The van der Waals surface area contributed by atoms with Crippen molar-refractivity contribution in [3.63, 3.8) is 0 Å². The van der Waals surface area contributed by atoms with E-state index in [1.54, 1.807) is 11.9 Å². The van der Waals surface area contributed by atoms with Gasteiger partial charge in [0, 0.05) is 31.9 Å². The highest BCUT2D eigenvalue weighted by atomic mass is 19.4. The maximum absolute atomic E-state index is 13.4. The minimum Gasteiger partial charge on any atom is -0.344 e. The molecule has 0 aromatic carbocycles. The lowest BCUT2D eigenvalue weighted by molar-refractivity contribution is -0.144. The zero-order valence-electron chi connectivity index (χ0n) is 15.6. The van der Waals surface area contributed by atoms with Crippen LogP contribution in [0.4, 0.5) is 13.2 Å². The average molecular weight is 395 g/mol. The van der Waals surface area contributed by atoms with Gasteiger partial charge in [-0.3, -0.25) is 9.59 Å². The smallest absolute Gasteiger partial charge is 0.344 e. The van der Waals surface area contributed by atoms with Crippen molar-refractivity contribution in [3.8, 4) is 0 Å². The summed E-state index contributed by atoms with van der Waals surface area (Å²) < 4.78 is 40.7. The van der Waals surface area contributed by atoms with Crippen LogP contribution in [-0.4, -0.2) is 61.9 Å². The first-order valence-electron chi connectivity index (χ1n) is 9.16. The Hall–Kier alpha value is -2.65. The SMILES string of the molecule is Cc1cc(C(F)(F)F)n2nc(C(=O)N3CCCC34CCCN(C)C4=O)cc2n1. The first-order chi connectivity index (χ1) is 13.1. The number of halogens is 3. The number of likely N-dealkylation sites (tertiary alicyclic amines) is 2. The number of carbonyl (C=O) groups is 2. The van der Waals surface area contributed by atoms with Crippen LogP contribution in [0.3, 0.4) is 0 Å². The summed E-state index contributed by atoms with van der Waals surface area (Å²) in [5, 5.41) is 3.90. The molecule has 4 rings (SSSR count). The molecule has 1 unspecified atom stereocenters. The Morgan fingerprint density at radius 1 is 1.18 bits per heavy atom. The Bertz CT molecular complexity index is 970. The van der Waals surface area contributed by atoms with Crippen molar-refractivity contribution in [3.05, 3.63) is 29.2 Å². The Balaban J connectivity index is 1.76. The van der Waals surface area contributed by atoms with E-state index in [2.05, 4.69) is 10.1 Å². The average Bonchev–Trinajstić information content (AvgIpc) is 3.22. The van der Waals surface area contributed by atoms with E-state index in [0.29, 0.717) is 36.9 Å². The quantitative estimate of drug-likeness (QED) is 0.743. The van der Waals surface area contributed by atoms with Gasteiger partial charge in [-0.2, -0.15) is 18.3 Å². The zero-order valence-corrected chi connectivity index (χ0v) is 15.6. The number of rotatable bonds is 1. The summed E-state index contributed by atoms with van der Waals surface area (Å²) in [5.41, 5.74) is -1.91. The lowest BCUT2D eigenvalue weighted by atomic mass is 9.85. The van der Waals surface area contributed by atoms with E-state index in [9.17, 15) is 22.8 Å². The van der Waals surface area contributed by atoms with Gasteiger partial charge in [-0.25, -0.2) is 9.50 Å². The molecule has 2 amide bonds. The van der Waals surface area contributed by atoms with Gasteiger partial charge in [-0.15, -0.1) is 0 Å². The summed E-state index contributed by atoms with van der Waals surface area (Å²) in [6, 6.07) is 2.15. The first kappa shape index (κ1) is 18.7. The molecule has 0 radical (unpaired) electrons. The number of carbonyl (C=O) groups excluding carboxylic acids is 2. The molecule has 2 aromatic rings. The fraction of sp³-hybridized carbons (Fsp3) is 0.556. The summed E-state index contributed by atoms with van der Waals surface area (Å²) in [6.45, 7) is 2.47. The van der Waals surface area contributed by atoms with Crippen LogP contribution in [-0.2, 0) is 11.0 Å². The zero-order chi connectivity index (χ0) is 20.3. The molecule has 2 aliphatic rings. The second kappa shape index (κ2) is 6.18. The Labute approximate surface area is 159 Å². The highest BCUT2D eigenvalue weighted by Gasteiger charge is 2.52. The molecule has 0 N–H and O–H groups in total. The number of alkyl halides is 3. The summed E-state index contributed by atoms with van der Waals surface area (Å²) in [4.78, 5) is 33.2. The third-order valence-electron chi connectivity index (χ3n) is 5.63. The van der Waals surface area contributed by atoms with Crippen molar-refractivity contribution in [1.29, 1.82) is 0 Å². The highest BCUT2D eigenvalue weighted by molar-refractivity contribution is 5.99. The fourth-order valence-electron chi connectivity index (χ4n) is 4.37. The van der Waals surface area contributed by atoms with Crippen molar-refractivity contribution in [1.82, 2.24) is 24.4 Å². The van der Waals surface area contributed by atoms with Crippen molar-refractivity contribution in [2.24, 2.45) is 0 Å². The van der Waals surface area contributed by atoms with E-state index < -0.39 is 23.3 Å². The van der Waals surface area contributed by atoms with E-state index in [1.807, 2.05) is 0 Å². The second-order valence-electron chi connectivity index (χ2n) is 7.50. The normalized spacial score (nSPS) is 23.2. The standard InChI is InChI=1S/C18H20F3N5O2/c1-11-9-13(18(19,20)21)26-14(22-11)10-12(23-26)15(27)25-8-4-6-17(25)5-3-7-24(2)16(17)28/h9-10H,3-8H2,1-2H3. The molecular weight excluding hydrogens is 375 g/mol. The van der Waals surface area contributed by atoms with Crippen LogP contribution in [0.15, 0.2) is 12.1 Å². The van der Waals surface area contributed by atoms with Crippen LogP contribution in [0.25, 0.3) is 5.65 Å². The third-order valence-corrected chi connectivity index (χ3v) is 5.63. The highest BCUT2D eigenvalue weighted by Crippen LogP contribution is 2.39. The van der Waals surface area contributed by atoms with Gasteiger partial charge in [0.15, 0.2) is 11.3 Å². The maximum Gasteiger partial charge on any atom is 0.433 e. The molecule has 2 aliphatic heterocycles. The minimum atomic E-state index is -4.63. The van der Waals surface area contributed by atoms with Crippen molar-refractivity contribution in [2.45, 2.75) is 44.3 Å². The molecule has 0 saturated carbocycles. The van der Waals surface area contributed by atoms with Gasteiger partial charge in [0.25, 0.3) is 5.91 Å². The molecule has 0 bridgehead atoms. The molecule has 1 spiro atoms. The van der Waals surface area contributed by atoms with Crippen molar-refractivity contribution in [2.75, 3.05) is 20.1 Å². The number of fused-ring (bicyclic) bond motifs is 1. The number of likely N-dealkylation sites (N-methyl/N-ethyl adjacent to an activating group) is 1. The van der Waals surface area contributed by atoms with Gasteiger partial charge in [0.1, 0.15) is 11.2 Å². The lowest BCUT2D eigenvalue weighted by Crippen LogP contribution is -2.60. The molecule has 7 nitrogen and oxygen atoms in total. The topological polar surface area (TPSA) is 70.8 Å². The van der Waals surface area contributed by atoms with E-state index in [-0.39, 0.29) is 22.9 Å². The van der Waals surface area contributed by atoms with Crippen molar-refractivity contribution < 1.29 is 22.8 Å². The summed E-state index contributed by atoms with van der Waals surface area (Å²) in [7, 11) is 1.71. The first-order valence-corrected chi connectivity index (χ1v) is 9.16. The predicted molar refractivity (Wildman–Crippen MR) is 92.6 cm³/mol. The van der Waals surface area contributed by atoms with Crippen LogP contribution in [0, 0.1) is 6.92 Å². The number of amides is 2. The second-order valence-corrected chi connectivity index (χ2v) is 7.50. The molecule has 2 aromatic heterocycles. The number of aryl methyl sites for hydroxylation is 1. The van der Waals surface area contributed by atoms with Gasteiger partial charge in [0.2, 0.25) is 5.91 Å². The van der Waals surface area contributed by atoms with Gasteiger partial charge < -0.3 is 9.80 Å². The Kier molecular flexibility index (Phi) is 4.13. The van der Waals surface area contributed by atoms with E-state index >= 15 is 0 Å². The number of hydrogen-bond acceptors (Lipinski definition) is 4. The number of hydrogen-bond donors (Lipinski definition) is 0. The molecule has 0 aliphatic carbocycles. The molecular formula is C18H20F3N5O2. The van der Waals surface area contributed by atoms with Gasteiger partial charge in [-0.1, -0.05) is 0 Å². The fourth-order valence-corrected chi connectivity index (χ4v) is 4.37. The van der Waals surface area contributed by atoms with Crippen molar-refractivity contribution >= 4 is 17.5 Å². The van der Waals surface area contributed by atoms with Crippen LogP contribution in [0.2, 0.25) is 0 Å². The molecule has 28 heavy (non-hydrogen) atoms. The maximum atomic E-state index is 13.4. The predicted octanol–water partition coefficient (Wildman–Crippen LogP) is 2.28. The Morgan fingerprint density at radius 3 is 2.54 bits per heavy atom. The number of aromatic nitrogens is 3. The molecule has 2 fully saturated rings. The van der Waals surface area contributed by atoms with E-state index in [4.69, 9.17) is 0 Å². The molecule has 10 heteroatoms. The molecule has 1 atom stereocenters. The molecule has 4 heterocycles. The number of piperidine rings is 1. The number of nitrogens with zero attached hydrogens (tertiary/aromatic N) is 5. The van der Waals surface area contributed by atoms with Gasteiger partial charge in [0.05, 0.1) is 0 Å². The van der Waals surface area contributed by atoms with Crippen LogP contribution >= 0.6 is 0 Å². The lowest BCUT2D eigenvalue weighted by Gasteiger charge is -2.43. The monoisotopic (exact) mass is 395 g/mol. The minimum absolute atomic E-state index is 0.0454.